The van der Waals surface area contributed by atoms with Gasteiger partial charge < -0.3 is 10.3 Å². The molecule has 1 aliphatic rings. The zero-order valence-electron chi connectivity index (χ0n) is 9.08. The number of H-pyrrole nitrogens is 1. The van der Waals surface area contributed by atoms with Crippen LogP contribution in [0.3, 0.4) is 0 Å². The molecular formula is C11H14N2O2S. The van der Waals surface area contributed by atoms with Crippen LogP contribution in [0.25, 0.3) is 0 Å². The van der Waals surface area contributed by atoms with Crippen LogP contribution in [0.2, 0.25) is 0 Å². The van der Waals surface area contributed by atoms with E-state index in [1.54, 1.807) is 6.92 Å². The van der Waals surface area contributed by atoms with Gasteiger partial charge in [-0.15, -0.1) is 0 Å². The van der Waals surface area contributed by atoms with Crippen molar-refractivity contribution in [3.05, 3.63) is 33.7 Å². The van der Waals surface area contributed by atoms with E-state index in [2.05, 4.69) is 10.3 Å². The van der Waals surface area contributed by atoms with Gasteiger partial charge in [0.2, 0.25) is 0 Å². The fourth-order valence-electron chi connectivity index (χ4n) is 1.66. The van der Waals surface area contributed by atoms with Gasteiger partial charge in [-0.05, 0) is 19.1 Å². The van der Waals surface area contributed by atoms with Crippen LogP contribution in [-0.2, 0) is 0 Å². The van der Waals surface area contributed by atoms with Crippen molar-refractivity contribution in [1.82, 2.24) is 10.3 Å². The Labute approximate surface area is 97.8 Å². The van der Waals surface area contributed by atoms with E-state index in [0.29, 0.717) is 0 Å². The molecule has 0 spiro atoms. The Bertz CT molecular complexity index is 450. The van der Waals surface area contributed by atoms with Crippen LogP contribution in [0.15, 0.2) is 17.1 Å². The molecule has 2 N–H and O–H groups in total. The van der Waals surface area contributed by atoms with Crippen molar-refractivity contribution in [2.75, 3.05) is 11.5 Å². The van der Waals surface area contributed by atoms with Gasteiger partial charge >= 0.3 is 0 Å². The Hall–Kier alpha value is -1.23. The van der Waals surface area contributed by atoms with E-state index in [4.69, 9.17) is 0 Å². The Morgan fingerprint density at radius 2 is 2.44 bits per heavy atom. The number of aromatic nitrogens is 1. The van der Waals surface area contributed by atoms with Gasteiger partial charge in [0.05, 0.1) is 0 Å². The van der Waals surface area contributed by atoms with E-state index in [-0.39, 0.29) is 22.9 Å². The highest BCUT2D eigenvalue weighted by Crippen LogP contribution is 2.17. The summed E-state index contributed by atoms with van der Waals surface area (Å²) in [6.45, 7) is 1.79. The normalized spacial score (nSPS) is 19.7. The van der Waals surface area contributed by atoms with Crippen molar-refractivity contribution in [1.29, 1.82) is 0 Å². The molecule has 1 amide bonds. The molecule has 4 nitrogen and oxygen atoms in total. The fraction of sp³-hybridized carbons (Fsp3) is 0.455. The summed E-state index contributed by atoms with van der Waals surface area (Å²) >= 11 is 1.83. The molecule has 0 saturated carbocycles. The van der Waals surface area contributed by atoms with E-state index in [1.807, 2.05) is 11.8 Å². The first-order valence-electron chi connectivity index (χ1n) is 5.25. The largest absolute Gasteiger partial charge is 0.364 e. The maximum atomic E-state index is 11.8. The van der Waals surface area contributed by atoms with Crippen molar-refractivity contribution >= 4 is 17.7 Å². The van der Waals surface area contributed by atoms with Crippen molar-refractivity contribution in [2.24, 2.45) is 0 Å². The van der Waals surface area contributed by atoms with Gasteiger partial charge in [0.1, 0.15) is 5.56 Å². The monoisotopic (exact) mass is 238 g/mol. The molecule has 1 unspecified atom stereocenters. The van der Waals surface area contributed by atoms with Crippen LogP contribution >= 0.6 is 11.8 Å². The minimum Gasteiger partial charge on any atom is -0.364 e. The number of aryl methyl sites for hydroxylation is 1. The Balaban J connectivity index is 2.11. The summed E-state index contributed by atoms with van der Waals surface area (Å²) in [5.74, 6) is 1.75. The Morgan fingerprint density at radius 3 is 3.06 bits per heavy atom. The molecule has 5 heteroatoms. The number of aromatic amines is 1. The summed E-state index contributed by atoms with van der Waals surface area (Å²) in [7, 11) is 0. The summed E-state index contributed by atoms with van der Waals surface area (Å²) in [4.78, 5) is 26.2. The standard InChI is InChI=1S/C11H14N2O2S/c1-7-4-10(14)9(5-12-7)11(15)13-8-2-3-16-6-8/h4-5,8H,2-3,6H2,1H3,(H,12,14)(H,13,15). The lowest BCUT2D eigenvalue weighted by atomic mass is 10.2. The van der Waals surface area contributed by atoms with Gasteiger partial charge in [0, 0.05) is 29.8 Å². The lowest BCUT2D eigenvalue weighted by Gasteiger charge is -2.10. The number of pyridine rings is 1. The average molecular weight is 238 g/mol. The van der Waals surface area contributed by atoms with Gasteiger partial charge in [-0.3, -0.25) is 9.59 Å². The lowest BCUT2D eigenvalue weighted by Crippen LogP contribution is -2.37. The van der Waals surface area contributed by atoms with Crippen LogP contribution in [0, 0.1) is 6.92 Å². The van der Waals surface area contributed by atoms with Gasteiger partial charge in [0.15, 0.2) is 5.43 Å². The second-order valence-electron chi connectivity index (χ2n) is 3.93. The van der Waals surface area contributed by atoms with Crippen LogP contribution in [0.1, 0.15) is 22.5 Å². The topological polar surface area (TPSA) is 62.0 Å². The molecule has 0 aromatic carbocycles. The van der Waals surface area contributed by atoms with E-state index in [0.717, 1.165) is 23.6 Å². The highest BCUT2D eigenvalue weighted by Gasteiger charge is 2.19. The van der Waals surface area contributed by atoms with Crippen LogP contribution in [-0.4, -0.2) is 28.4 Å². The van der Waals surface area contributed by atoms with E-state index >= 15 is 0 Å². The summed E-state index contributed by atoms with van der Waals surface area (Å²) in [6, 6.07) is 1.65. The van der Waals surface area contributed by atoms with E-state index < -0.39 is 0 Å². The molecule has 16 heavy (non-hydrogen) atoms. The number of hydrogen-bond donors (Lipinski definition) is 2. The molecule has 1 atom stereocenters. The maximum Gasteiger partial charge on any atom is 0.256 e. The number of carbonyl (C=O) groups excluding carboxylic acids is 1. The summed E-state index contributed by atoms with van der Waals surface area (Å²) < 4.78 is 0. The molecule has 2 heterocycles. The first-order chi connectivity index (χ1) is 7.66. The zero-order valence-corrected chi connectivity index (χ0v) is 9.89. The number of amides is 1. The van der Waals surface area contributed by atoms with Crippen LogP contribution < -0.4 is 10.7 Å². The molecule has 1 saturated heterocycles. The summed E-state index contributed by atoms with van der Waals surface area (Å²) in [6.07, 6.45) is 2.47. The molecule has 1 aliphatic heterocycles. The highest BCUT2D eigenvalue weighted by atomic mass is 32.2. The number of rotatable bonds is 2. The first kappa shape index (κ1) is 11.3. The van der Waals surface area contributed by atoms with Gasteiger partial charge in [0.25, 0.3) is 5.91 Å². The quantitative estimate of drug-likeness (QED) is 0.805. The predicted octanol–water partition coefficient (Wildman–Crippen LogP) is 0.919. The second-order valence-corrected chi connectivity index (χ2v) is 5.08. The van der Waals surface area contributed by atoms with Gasteiger partial charge in [-0.2, -0.15) is 11.8 Å². The van der Waals surface area contributed by atoms with Crippen molar-refractivity contribution in [3.63, 3.8) is 0 Å². The summed E-state index contributed by atoms with van der Waals surface area (Å²) in [5.41, 5.74) is 0.736. The molecule has 0 bridgehead atoms. The molecular weight excluding hydrogens is 224 g/mol. The smallest absolute Gasteiger partial charge is 0.256 e. The van der Waals surface area contributed by atoms with Crippen molar-refractivity contribution in [2.45, 2.75) is 19.4 Å². The summed E-state index contributed by atoms with van der Waals surface area (Å²) in [5, 5.41) is 2.88. The van der Waals surface area contributed by atoms with E-state index in [1.165, 1.54) is 12.3 Å². The third-order valence-electron chi connectivity index (χ3n) is 2.57. The zero-order chi connectivity index (χ0) is 11.5. The third kappa shape index (κ3) is 2.47. The van der Waals surface area contributed by atoms with E-state index in [9.17, 15) is 9.59 Å². The Kier molecular flexibility index (Phi) is 3.33. The molecule has 0 radical (unpaired) electrons. The number of nitrogens with one attached hydrogen (secondary N) is 2. The first-order valence-corrected chi connectivity index (χ1v) is 6.40. The average Bonchev–Trinajstić information content (AvgIpc) is 2.70. The molecule has 1 aromatic rings. The minimum atomic E-state index is -0.270. The van der Waals surface area contributed by atoms with Crippen molar-refractivity contribution < 1.29 is 4.79 Å². The maximum absolute atomic E-state index is 11.8. The second kappa shape index (κ2) is 4.74. The van der Waals surface area contributed by atoms with Crippen molar-refractivity contribution in [3.8, 4) is 0 Å². The fourth-order valence-corrected chi connectivity index (χ4v) is 2.81. The highest BCUT2D eigenvalue weighted by molar-refractivity contribution is 7.99. The molecule has 86 valence electrons. The minimum absolute atomic E-state index is 0.197. The van der Waals surface area contributed by atoms with Crippen LogP contribution in [0.5, 0.6) is 0 Å². The Morgan fingerprint density at radius 1 is 1.62 bits per heavy atom. The molecule has 1 aromatic heterocycles. The number of hydrogen-bond acceptors (Lipinski definition) is 3. The van der Waals surface area contributed by atoms with Gasteiger partial charge in [-0.1, -0.05) is 0 Å². The molecule has 0 aliphatic carbocycles. The van der Waals surface area contributed by atoms with Gasteiger partial charge in [-0.25, -0.2) is 0 Å². The number of carbonyl (C=O) groups is 1. The molecule has 1 fully saturated rings. The van der Waals surface area contributed by atoms with Crippen LogP contribution in [0.4, 0.5) is 0 Å². The lowest BCUT2D eigenvalue weighted by molar-refractivity contribution is 0.0939. The molecule has 2 rings (SSSR count). The third-order valence-corrected chi connectivity index (χ3v) is 3.73. The number of thioether (sulfide) groups is 1. The predicted molar refractivity (Wildman–Crippen MR) is 65.0 cm³/mol. The SMILES string of the molecule is Cc1cc(=O)c(C(=O)NC2CCSC2)c[nH]1.